The minimum absolute atomic E-state index is 0.0210. The molecule has 2 aromatic carbocycles. The van der Waals surface area contributed by atoms with Crippen LogP contribution in [0.4, 0.5) is 11.4 Å². The molecule has 1 saturated heterocycles. The number of hydrogen-bond donors (Lipinski definition) is 3. The summed E-state index contributed by atoms with van der Waals surface area (Å²) in [6, 6.07) is 13.8. The number of hydrogen-bond acceptors (Lipinski definition) is 4. The van der Waals surface area contributed by atoms with Gasteiger partial charge in [0.15, 0.2) is 6.54 Å². The molecule has 0 bridgehead atoms. The molecule has 3 N–H and O–H groups in total. The Kier molecular flexibility index (Phi) is 7.30. The molecule has 0 radical (unpaired) electrons. The van der Waals surface area contributed by atoms with Crippen molar-refractivity contribution in [2.75, 3.05) is 56.6 Å². The monoisotopic (exact) mass is 411 g/mol. The third kappa shape index (κ3) is 5.51. The lowest BCUT2D eigenvalue weighted by molar-refractivity contribution is -0.892. The highest BCUT2D eigenvalue weighted by Crippen LogP contribution is 2.27. The normalized spacial score (nSPS) is 14.3. The van der Waals surface area contributed by atoms with Gasteiger partial charge in [-0.25, -0.2) is 0 Å². The van der Waals surface area contributed by atoms with Crippen molar-refractivity contribution in [1.29, 1.82) is 0 Å². The van der Waals surface area contributed by atoms with Gasteiger partial charge in [-0.15, -0.1) is 0 Å². The minimum atomic E-state index is -0.215. The largest absolute Gasteiger partial charge is 0.495 e. The second kappa shape index (κ2) is 10.1. The predicted octanol–water partition coefficient (Wildman–Crippen LogP) is 0.772. The molecular weight excluding hydrogens is 380 g/mol. The Hall–Kier alpha value is -3.06. The van der Waals surface area contributed by atoms with E-state index in [2.05, 4.69) is 21.6 Å². The van der Waals surface area contributed by atoms with Gasteiger partial charge in [-0.2, -0.15) is 0 Å². The molecule has 1 aliphatic heterocycles. The summed E-state index contributed by atoms with van der Waals surface area (Å²) < 4.78 is 5.45. The van der Waals surface area contributed by atoms with Gasteiger partial charge in [0.25, 0.3) is 5.91 Å². The number of ether oxygens (including phenoxy) is 1. The van der Waals surface area contributed by atoms with Crippen molar-refractivity contribution in [3.05, 3.63) is 53.6 Å². The van der Waals surface area contributed by atoms with Crippen LogP contribution in [0.2, 0.25) is 0 Å². The number of carbonyl (C=O) groups is 2. The number of benzene rings is 2. The quantitative estimate of drug-likeness (QED) is 0.629. The lowest BCUT2D eigenvalue weighted by Crippen LogP contribution is -3.16. The number of anilines is 2. The zero-order valence-electron chi connectivity index (χ0n) is 18.0. The number of piperazine rings is 1. The van der Waals surface area contributed by atoms with Gasteiger partial charge in [-0.3, -0.25) is 9.59 Å². The van der Waals surface area contributed by atoms with Crippen molar-refractivity contribution in [1.82, 2.24) is 5.32 Å². The van der Waals surface area contributed by atoms with Crippen molar-refractivity contribution in [2.45, 2.75) is 13.8 Å². The fourth-order valence-corrected chi connectivity index (χ4v) is 3.68. The van der Waals surface area contributed by atoms with Crippen LogP contribution < -0.4 is 25.2 Å². The molecule has 1 aliphatic rings. The van der Waals surface area contributed by atoms with Gasteiger partial charge in [0, 0.05) is 5.69 Å². The van der Waals surface area contributed by atoms with Crippen LogP contribution in [-0.2, 0) is 9.59 Å². The number of aryl methyl sites for hydroxylation is 1. The number of quaternary nitrogens is 1. The van der Waals surface area contributed by atoms with Gasteiger partial charge in [0.1, 0.15) is 5.75 Å². The number of carbonyl (C=O) groups excluding carboxylic acids is 2. The molecule has 0 atom stereocenters. The molecule has 0 aliphatic carbocycles. The van der Waals surface area contributed by atoms with Crippen LogP contribution in [0.25, 0.3) is 0 Å². The predicted molar refractivity (Wildman–Crippen MR) is 118 cm³/mol. The summed E-state index contributed by atoms with van der Waals surface area (Å²) in [6.45, 7) is 7.76. The Bertz CT molecular complexity index is 892. The molecule has 1 fully saturated rings. The lowest BCUT2D eigenvalue weighted by atomic mass is 10.1. The van der Waals surface area contributed by atoms with Crippen LogP contribution in [0, 0.1) is 13.8 Å². The molecule has 2 aromatic rings. The Morgan fingerprint density at radius 1 is 1.03 bits per heavy atom. The Morgan fingerprint density at radius 3 is 2.50 bits per heavy atom. The SMILES string of the molecule is COc1ccccc1N1CC[NH+](CC(=O)NCC(=O)Nc2cccc(C)c2C)CC1. The number of methoxy groups -OCH3 is 1. The highest BCUT2D eigenvalue weighted by atomic mass is 16.5. The molecule has 7 nitrogen and oxygen atoms in total. The van der Waals surface area contributed by atoms with Gasteiger partial charge >= 0.3 is 0 Å². The fourth-order valence-electron chi connectivity index (χ4n) is 3.68. The summed E-state index contributed by atoms with van der Waals surface area (Å²) in [4.78, 5) is 28.0. The summed E-state index contributed by atoms with van der Waals surface area (Å²) in [5.41, 5.74) is 4.03. The molecule has 1 heterocycles. The first-order valence-corrected chi connectivity index (χ1v) is 10.3. The van der Waals surface area contributed by atoms with E-state index in [0.29, 0.717) is 6.54 Å². The molecule has 0 spiro atoms. The molecule has 30 heavy (non-hydrogen) atoms. The van der Waals surface area contributed by atoms with E-state index in [-0.39, 0.29) is 18.4 Å². The molecule has 0 saturated carbocycles. The number of rotatable bonds is 7. The van der Waals surface area contributed by atoms with E-state index in [1.807, 2.05) is 50.2 Å². The van der Waals surface area contributed by atoms with E-state index in [4.69, 9.17) is 4.74 Å². The second-order valence-electron chi connectivity index (χ2n) is 7.66. The minimum Gasteiger partial charge on any atom is -0.495 e. The van der Waals surface area contributed by atoms with Crippen LogP contribution in [-0.4, -0.2) is 58.2 Å². The van der Waals surface area contributed by atoms with Gasteiger partial charge < -0.3 is 25.2 Å². The highest BCUT2D eigenvalue weighted by Gasteiger charge is 2.24. The molecule has 7 heteroatoms. The first kappa shape index (κ1) is 21.6. The standard InChI is InChI=1S/C23H30N4O3/c1-17-7-6-8-19(18(17)2)25-22(28)15-24-23(29)16-26-11-13-27(14-12-26)20-9-4-5-10-21(20)30-3/h4-10H,11-16H2,1-3H3,(H,24,29)(H,25,28)/p+1. The summed E-state index contributed by atoms with van der Waals surface area (Å²) in [5.74, 6) is 0.549. The van der Waals surface area contributed by atoms with Gasteiger partial charge in [0.2, 0.25) is 5.91 Å². The fraction of sp³-hybridized carbons (Fsp3) is 0.391. The van der Waals surface area contributed by atoms with E-state index in [0.717, 1.165) is 54.4 Å². The average Bonchev–Trinajstić information content (AvgIpc) is 2.76. The van der Waals surface area contributed by atoms with Crippen LogP contribution in [0.5, 0.6) is 5.75 Å². The van der Waals surface area contributed by atoms with Crippen molar-refractivity contribution in [3.8, 4) is 5.75 Å². The lowest BCUT2D eigenvalue weighted by Gasteiger charge is -2.34. The topological polar surface area (TPSA) is 75.1 Å². The average molecular weight is 412 g/mol. The molecule has 0 aromatic heterocycles. The third-order valence-corrected chi connectivity index (χ3v) is 5.63. The van der Waals surface area contributed by atoms with Gasteiger partial charge in [0.05, 0.1) is 45.5 Å². The Balaban J connectivity index is 1.42. The van der Waals surface area contributed by atoms with Crippen molar-refractivity contribution in [3.63, 3.8) is 0 Å². The van der Waals surface area contributed by atoms with Crippen LogP contribution >= 0.6 is 0 Å². The van der Waals surface area contributed by atoms with Crippen LogP contribution in [0.3, 0.4) is 0 Å². The molecule has 160 valence electrons. The molecular formula is C23H31N4O3+. The van der Waals surface area contributed by atoms with Crippen molar-refractivity contribution >= 4 is 23.2 Å². The van der Waals surface area contributed by atoms with Gasteiger partial charge in [-0.05, 0) is 43.2 Å². The zero-order valence-corrected chi connectivity index (χ0v) is 18.0. The zero-order chi connectivity index (χ0) is 21.5. The number of nitrogens with one attached hydrogen (secondary N) is 3. The van der Waals surface area contributed by atoms with E-state index in [1.165, 1.54) is 4.90 Å². The van der Waals surface area contributed by atoms with E-state index < -0.39 is 0 Å². The van der Waals surface area contributed by atoms with E-state index >= 15 is 0 Å². The number of amides is 2. The van der Waals surface area contributed by atoms with Crippen LogP contribution in [0.1, 0.15) is 11.1 Å². The summed E-state index contributed by atoms with van der Waals surface area (Å²) >= 11 is 0. The maximum Gasteiger partial charge on any atom is 0.275 e. The molecule has 0 unspecified atom stereocenters. The number of para-hydroxylation sites is 2. The molecule has 2 amide bonds. The van der Waals surface area contributed by atoms with E-state index in [9.17, 15) is 9.59 Å². The second-order valence-corrected chi connectivity index (χ2v) is 7.66. The maximum atomic E-state index is 12.3. The smallest absolute Gasteiger partial charge is 0.275 e. The van der Waals surface area contributed by atoms with Crippen molar-refractivity contribution in [2.24, 2.45) is 0 Å². The summed E-state index contributed by atoms with van der Waals surface area (Å²) in [6.07, 6.45) is 0. The van der Waals surface area contributed by atoms with Gasteiger partial charge in [-0.1, -0.05) is 24.3 Å². The number of nitrogens with zero attached hydrogens (tertiary/aromatic N) is 1. The van der Waals surface area contributed by atoms with E-state index in [1.54, 1.807) is 7.11 Å². The van der Waals surface area contributed by atoms with Crippen molar-refractivity contribution < 1.29 is 19.2 Å². The first-order chi connectivity index (χ1) is 14.5. The summed E-state index contributed by atoms with van der Waals surface area (Å²) in [5, 5.41) is 5.61. The summed E-state index contributed by atoms with van der Waals surface area (Å²) in [7, 11) is 1.68. The first-order valence-electron chi connectivity index (χ1n) is 10.3. The highest BCUT2D eigenvalue weighted by molar-refractivity contribution is 5.95. The maximum absolute atomic E-state index is 12.3. The van der Waals surface area contributed by atoms with Crippen LogP contribution in [0.15, 0.2) is 42.5 Å². The third-order valence-electron chi connectivity index (χ3n) is 5.63. The molecule has 3 rings (SSSR count). The Labute approximate surface area is 178 Å². The Morgan fingerprint density at radius 2 is 1.77 bits per heavy atom.